The van der Waals surface area contributed by atoms with Crippen LogP contribution >= 0.6 is 18.9 Å². The van der Waals surface area contributed by atoms with E-state index in [2.05, 4.69) is 10.4 Å². The molecule has 1 atom stereocenters. The molecule has 0 spiro atoms. The van der Waals surface area contributed by atoms with Crippen molar-refractivity contribution in [1.82, 2.24) is 9.66 Å². The topological polar surface area (TPSA) is 126 Å². The molecule has 12 heteroatoms. The molecule has 1 aromatic carbocycles. The predicted molar refractivity (Wildman–Crippen MR) is 124 cm³/mol. The van der Waals surface area contributed by atoms with Crippen LogP contribution in [0.3, 0.4) is 0 Å². The number of rotatable bonds is 10. The number of fused-ring (bicyclic) bond motifs is 1. The number of nitro benzene ring substituents is 1. The van der Waals surface area contributed by atoms with Gasteiger partial charge in [0.2, 0.25) is 0 Å². The zero-order valence-electron chi connectivity index (χ0n) is 18.2. The third-order valence-electron chi connectivity index (χ3n) is 4.74. The molecule has 0 aliphatic rings. The monoisotopic (exact) mass is 480 g/mol. The van der Waals surface area contributed by atoms with E-state index in [9.17, 15) is 19.5 Å². The molecule has 0 saturated carbocycles. The fourth-order valence-corrected chi connectivity index (χ4v) is 6.12. The van der Waals surface area contributed by atoms with Gasteiger partial charge in [-0.1, -0.05) is 6.92 Å². The molecule has 2 heterocycles. The summed E-state index contributed by atoms with van der Waals surface area (Å²) in [5.74, 6) is -0.721. The van der Waals surface area contributed by atoms with Crippen LogP contribution < -0.4 is 11.0 Å². The molecule has 0 radical (unpaired) electrons. The van der Waals surface area contributed by atoms with Gasteiger partial charge < -0.3 is 14.5 Å². The molecule has 0 amide bonds. The molecule has 0 bridgehead atoms. The minimum atomic E-state index is -3.82. The van der Waals surface area contributed by atoms with Crippen LogP contribution in [-0.4, -0.2) is 27.8 Å². The fourth-order valence-electron chi connectivity index (χ4n) is 3.23. The second-order valence-corrected chi connectivity index (χ2v) is 10.1. The van der Waals surface area contributed by atoms with Crippen molar-refractivity contribution in [3.63, 3.8) is 0 Å². The first-order chi connectivity index (χ1) is 15.2. The highest BCUT2D eigenvalue weighted by Gasteiger charge is 2.38. The first-order valence-corrected chi connectivity index (χ1v) is 12.6. The molecule has 0 aliphatic carbocycles. The lowest BCUT2D eigenvalue weighted by atomic mass is 10.2. The van der Waals surface area contributed by atoms with E-state index in [4.69, 9.17) is 9.05 Å². The van der Waals surface area contributed by atoms with E-state index in [-0.39, 0.29) is 24.5 Å². The summed E-state index contributed by atoms with van der Waals surface area (Å²) < 4.78 is 26.0. The maximum Gasteiger partial charge on any atom is 0.358 e. The van der Waals surface area contributed by atoms with E-state index in [0.29, 0.717) is 21.6 Å². The van der Waals surface area contributed by atoms with Crippen LogP contribution in [0.4, 0.5) is 5.69 Å². The number of nitro groups is 1. The smallest absolute Gasteiger partial charge is 0.307 e. The normalized spacial score (nSPS) is 12.8. The Morgan fingerprint density at radius 2 is 1.84 bits per heavy atom. The Hall–Kier alpha value is -2.59. The fraction of sp³-hybridized carbons (Fsp3) is 0.400. The summed E-state index contributed by atoms with van der Waals surface area (Å²) in [4.78, 5) is 29.9. The molecule has 10 nitrogen and oxygen atoms in total. The summed E-state index contributed by atoms with van der Waals surface area (Å²) in [6.07, 6.45) is 0.780. The quantitative estimate of drug-likeness (QED) is 0.250. The maximum atomic E-state index is 13.7. The molecule has 32 heavy (non-hydrogen) atoms. The zero-order valence-corrected chi connectivity index (χ0v) is 19.9. The van der Waals surface area contributed by atoms with E-state index >= 15 is 0 Å². The van der Waals surface area contributed by atoms with Gasteiger partial charge in [-0.3, -0.25) is 19.5 Å². The van der Waals surface area contributed by atoms with Crippen molar-refractivity contribution in [1.29, 1.82) is 0 Å². The van der Waals surface area contributed by atoms with Crippen LogP contribution in [0, 0.1) is 17.0 Å². The minimum Gasteiger partial charge on any atom is -0.307 e. The van der Waals surface area contributed by atoms with Crippen LogP contribution in [0.2, 0.25) is 0 Å². The second-order valence-electron chi connectivity index (χ2n) is 6.84. The molecule has 3 rings (SSSR count). The molecule has 3 aromatic rings. The van der Waals surface area contributed by atoms with Gasteiger partial charge in [0.1, 0.15) is 10.7 Å². The van der Waals surface area contributed by atoms with Crippen LogP contribution in [0.15, 0.2) is 35.1 Å². The van der Waals surface area contributed by atoms with Gasteiger partial charge in [0.25, 0.3) is 11.2 Å². The number of benzene rings is 1. The standard InChI is InChI=1S/C20H25N4O6PS/c1-5-16-12-17-19(32-16)21-13(4)23(20(17)25)22-18(31(28,29-6-2)30-7-3)14-8-10-15(11-9-14)24(26)27/h8-12,18,22H,5-7H2,1-4H3. The van der Waals surface area contributed by atoms with Crippen LogP contribution in [0.1, 0.15) is 42.8 Å². The Labute approximate surface area is 188 Å². The molecule has 1 unspecified atom stereocenters. The number of aromatic nitrogens is 2. The van der Waals surface area contributed by atoms with Gasteiger partial charge in [-0.15, -0.1) is 11.3 Å². The zero-order chi connectivity index (χ0) is 23.5. The highest BCUT2D eigenvalue weighted by atomic mass is 32.1. The second kappa shape index (κ2) is 9.91. The van der Waals surface area contributed by atoms with Gasteiger partial charge in [0, 0.05) is 17.0 Å². The molecule has 172 valence electrons. The van der Waals surface area contributed by atoms with Crippen LogP contribution in [-0.2, 0) is 20.0 Å². The number of aryl methyl sites for hydroxylation is 2. The van der Waals surface area contributed by atoms with Crippen molar-refractivity contribution in [2.24, 2.45) is 0 Å². The largest absolute Gasteiger partial charge is 0.358 e. The van der Waals surface area contributed by atoms with Crippen molar-refractivity contribution in [3.8, 4) is 0 Å². The van der Waals surface area contributed by atoms with Gasteiger partial charge in [-0.05, 0) is 51.0 Å². The summed E-state index contributed by atoms with van der Waals surface area (Å²) in [6.45, 7) is 7.25. The lowest BCUT2D eigenvalue weighted by molar-refractivity contribution is -0.384. The molecular formula is C20H25N4O6PS. The number of nitrogens with zero attached hydrogens (tertiary/aromatic N) is 3. The van der Waals surface area contributed by atoms with Crippen molar-refractivity contribution in [2.45, 2.75) is 39.9 Å². The molecule has 2 aromatic heterocycles. The summed E-state index contributed by atoms with van der Waals surface area (Å²) in [5, 5.41) is 11.5. The summed E-state index contributed by atoms with van der Waals surface area (Å²) >= 11 is 1.46. The highest BCUT2D eigenvalue weighted by molar-refractivity contribution is 7.54. The van der Waals surface area contributed by atoms with Gasteiger partial charge >= 0.3 is 7.60 Å². The van der Waals surface area contributed by atoms with Gasteiger partial charge in [0.05, 0.1) is 23.5 Å². The Morgan fingerprint density at radius 1 is 1.22 bits per heavy atom. The number of thiophene rings is 1. The lowest BCUT2D eigenvalue weighted by Gasteiger charge is -2.29. The SMILES string of the molecule is CCOP(=O)(OCC)C(Nn1c(C)nc2sc(CC)cc2c1=O)c1ccc([N+](=O)[O-])cc1. The highest BCUT2D eigenvalue weighted by Crippen LogP contribution is 2.60. The van der Waals surface area contributed by atoms with Crippen LogP contribution in [0.25, 0.3) is 10.2 Å². The Bertz CT molecular complexity index is 1210. The van der Waals surface area contributed by atoms with Crippen LogP contribution in [0.5, 0.6) is 0 Å². The Morgan fingerprint density at radius 3 is 2.38 bits per heavy atom. The minimum absolute atomic E-state index is 0.109. The predicted octanol–water partition coefficient (Wildman–Crippen LogP) is 4.75. The van der Waals surface area contributed by atoms with Gasteiger partial charge in [0.15, 0.2) is 5.78 Å². The van der Waals surface area contributed by atoms with E-state index in [1.807, 2.05) is 6.92 Å². The summed E-state index contributed by atoms with van der Waals surface area (Å²) in [7, 11) is -3.82. The molecule has 0 fully saturated rings. The first kappa shape index (κ1) is 24.1. The average Bonchev–Trinajstić information content (AvgIpc) is 3.17. The molecular weight excluding hydrogens is 455 g/mol. The van der Waals surface area contributed by atoms with Gasteiger partial charge in [-0.25, -0.2) is 9.66 Å². The Kier molecular flexibility index (Phi) is 7.45. The van der Waals surface area contributed by atoms with E-state index in [1.165, 1.54) is 40.3 Å². The maximum absolute atomic E-state index is 13.7. The number of nitrogens with one attached hydrogen (secondary N) is 1. The summed E-state index contributed by atoms with van der Waals surface area (Å²) in [6, 6.07) is 7.34. The lowest BCUT2D eigenvalue weighted by Crippen LogP contribution is -2.34. The average molecular weight is 480 g/mol. The third-order valence-corrected chi connectivity index (χ3v) is 8.19. The summed E-state index contributed by atoms with van der Waals surface area (Å²) in [5.41, 5.74) is 2.93. The molecule has 0 saturated heterocycles. The van der Waals surface area contributed by atoms with E-state index in [1.54, 1.807) is 26.8 Å². The first-order valence-electron chi connectivity index (χ1n) is 10.2. The van der Waals surface area contributed by atoms with Crippen molar-refractivity contribution >= 4 is 34.8 Å². The van der Waals surface area contributed by atoms with Crippen molar-refractivity contribution < 1.29 is 18.5 Å². The molecule has 1 N–H and O–H groups in total. The third kappa shape index (κ3) is 4.75. The van der Waals surface area contributed by atoms with Crippen molar-refractivity contribution in [2.75, 3.05) is 18.6 Å². The van der Waals surface area contributed by atoms with E-state index in [0.717, 1.165) is 11.3 Å². The number of hydrogen-bond donors (Lipinski definition) is 1. The van der Waals surface area contributed by atoms with Crippen molar-refractivity contribution in [3.05, 3.63) is 67.1 Å². The Balaban J connectivity index is 2.14. The number of hydrogen-bond acceptors (Lipinski definition) is 9. The molecule has 0 aliphatic heterocycles. The number of non-ortho nitro benzene ring substituents is 1. The van der Waals surface area contributed by atoms with E-state index < -0.39 is 18.3 Å². The van der Waals surface area contributed by atoms with Gasteiger partial charge in [-0.2, -0.15) is 0 Å².